The Balaban J connectivity index is 3.26. The van der Waals surface area contributed by atoms with E-state index in [1.165, 1.54) is 22.9 Å². The lowest BCUT2D eigenvalue weighted by Gasteiger charge is -1.95. The van der Waals surface area contributed by atoms with Crippen molar-refractivity contribution in [1.29, 1.82) is 0 Å². The second-order valence-corrected chi connectivity index (χ2v) is 2.48. The Kier molecular flexibility index (Phi) is 2.10. The van der Waals surface area contributed by atoms with Gasteiger partial charge in [0.05, 0.1) is 0 Å². The monoisotopic (exact) mass is 171 g/mol. The maximum atomic E-state index is 10.9. The second-order valence-electron chi connectivity index (χ2n) is 2.14. The Hall–Kier alpha value is -1.09. The molecule has 3 nitrogen and oxygen atoms in total. The van der Waals surface area contributed by atoms with Crippen molar-refractivity contribution in [3.05, 3.63) is 34.2 Å². The lowest BCUT2D eigenvalue weighted by Crippen LogP contribution is -2.15. The number of hydrogen-bond acceptors (Lipinski definition) is 2. The second kappa shape index (κ2) is 2.88. The lowest BCUT2D eigenvalue weighted by molar-refractivity contribution is 0.108. The van der Waals surface area contributed by atoms with E-state index < -0.39 is 5.24 Å². The highest BCUT2D eigenvalue weighted by Gasteiger charge is 2.01. The third-order valence-corrected chi connectivity index (χ3v) is 1.55. The Morgan fingerprint density at radius 2 is 2.27 bits per heavy atom. The van der Waals surface area contributed by atoms with Gasteiger partial charge in [-0.1, -0.05) is 0 Å². The summed E-state index contributed by atoms with van der Waals surface area (Å²) in [5.74, 6) is 0. The summed E-state index contributed by atoms with van der Waals surface area (Å²) in [6.07, 6.45) is 1.50. The van der Waals surface area contributed by atoms with Crippen molar-refractivity contribution in [2.24, 2.45) is 7.05 Å². The van der Waals surface area contributed by atoms with Gasteiger partial charge < -0.3 is 4.57 Å². The first-order valence-corrected chi connectivity index (χ1v) is 3.35. The molecule has 0 fully saturated rings. The van der Waals surface area contributed by atoms with Gasteiger partial charge in [0.1, 0.15) is 0 Å². The maximum Gasteiger partial charge on any atom is 0.252 e. The summed E-state index contributed by atoms with van der Waals surface area (Å²) in [5.41, 5.74) is -0.00809. The summed E-state index contributed by atoms with van der Waals surface area (Å²) >= 11 is 5.14. The van der Waals surface area contributed by atoms with Crippen molar-refractivity contribution in [3.63, 3.8) is 0 Å². The molecule has 0 unspecified atom stereocenters. The zero-order valence-corrected chi connectivity index (χ0v) is 6.63. The molecule has 0 saturated carbocycles. The molecule has 58 valence electrons. The molecule has 0 aliphatic carbocycles. The highest BCUT2D eigenvalue weighted by Crippen LogP contribution is 1.98. The van der Waals surface area contributed by atoms with E-state index in [1.807, 2.05) is 0 Å². The zero-order valence-electron chi connectivity index (χ0n) is 5.87. The van der Waals surface area contributed by atoms with Crippen LogP contribution in [0.25, 0.3) is 0 Å². The Bertz CT molecular complexity index is 343. The van der Waals surface area contributed by atoms with E-state index in [0.717, 1.165) is 0 Å². The fourth-order valence-electron chi connectivity index (χ4n) is 0.671. The fraction of sp³-hybridized carbons (Fsp3) is 0.143. The molecule has 1 heterocycles. The highest BCUT2D eigenvalue weighted by molar-refractivity contribution is 6.67. The Morgan fingerprint density at radius 3 is 2.73 bits per heavy atom. The summed E-state index contributed by atoms with van der Waals surface area (Å²) < 4.78 is 1.36. The molecule has 0 saturated heterocycles. The number of halogens is 1. The number of aryl methyl sites for hydroxylation is 1. The molecule has 0 bridgehead atoms. The molecular formula is C7H6ClNO2. The van der Waals surface area contributed by atoms with Crippen LogP contribution in [0.1, 0.15) is 10.4 Å². The molecule has 0 N–H and O–H groups in total. The van der Waals surface area contributed by atoms with E-state index in [1.54, 1.807) is 7.05 Å². The summed E-state index contributed by atoms with van der Waals surface area (Å²) in [5, 5.41) is -0.609. The quantitative estimate of drug-likeness (QED) is 0.586. The molecule has 1 aromatic heterocycles. The molecule has 0 atom stereocenters. The van der Waals surface area contributed by atoms with Crippen molar-refractivity contribution in [1.82, 2.24) is 4.57 Å². The van der Waals surface area contributed by atoms with Crippen LogP contribution in [0.3, 0.4) is 0 Å². The molecular weight excluding hydrogens is 166 g/mol. The van der Waals surface area contributed by atoms with Crippen molar-refractivity contribution in [2.45, 2.75) is 0 Å². The van der Waals surface area contributed by atoms with Crippen LogP contribution in [0.15, 0.2) is 23.1 Å². The van der Waals surface area contributed by atoms with Crippen LogP contribution in [0, 0.1) is 0 Å². The van der Waals surface area contributed by atoms with Gasteiger partial charge in [0.25, 0.3) is 10.8 Å². The molecule has 0 aliphatic rings. The highest BCUT2D eigenvalue weighted by atomic mass is 35.5. The standard InChI is InChI=1S/C7H6ClNO2/c1-9-3-2-5(7(8)11)4-6(9)10/h2-4H,1H3. The van der Waals surface area contributed by atoms with Crippen LogP contribution < -0.4 is 5.56 Å². The topological polar surface area (TPSA) is 39.1 Å². The van der Waals surface area contributed by atoms with Crippen LogP contribution in [0.5, 0.6) is 0 Å². The third kappa shape index (κ3) is 1.68. The molecule has 0 spiro atoms. The van der Waals surface area contributed by atoms with Gasteiger partial charge in [-0.15, -0.1) is 0 Å². The number of carbonyl (C=O) groups excluding carboxylic acids is 1. The first-order valence-electron chi connectivity index (χ1n) is 2.98. The molecule has 0 amide bonds. The van der Waals surface area contributed by atoms with Gasteiger partial charge >= 0.3 is 0 Å². The van der Waals surface area contributed by atoms with Crippen LogP contribution in [-0.2, 0) is 7.05 Å². The van der Waals surface area contributed by atoms with Gasteiger partial charge in [-0.05, 0) is 17.7 Å². The third-order valence-electron chi connectivity index (χ3n) is 1.33. The minimum absolute atomic E-state index is 0.231. The van der Waals surface area contributed by atoms with Gasteiger partial charge in [-0.2, -0.15) is 0 Å². The molecule has 0 radical (unpaired) electrons. The molecule has 11 heavy (non-hydrogen) atoms. The SMILES string of the molecule is Cn1ccc(C(=O)Cl)cc1=O. The maximum absolute atomic E-state index is 10.9. The zero-order chi connectivity index (χ0) is 8.43. The Morgan fingerprint density at radius 1 is 1.64 bits per heavy atom. The van der Waals surface area contributed by atoms with E-state index in [9.17, 15) is 9.59 Å². The molecule has 1 aromatic rings. The minimum Gasteiger partial charge on any atom is -0.319 e. The lowest BCUT2D eigenvalue weighted by atomic mass is 10.3. The number of carbonyl (C=O) groups is 1. The minimum atomic E-state index is -0.609. The summed E-state index contributed by atoms with van der Waals surface area (Å²) in [7, 11) is 1.60. The predicted molar refractivity (Wildman–Crippen MR) is 41.9 cm³/mol. The molecule has 0 aromatic carbocycles. The molecule has 4 heteroatoms. The predicted octanol–water partition coefficient (Wildman–Crippen LogP) is 0.764. The van der Waals surface area contributed by atoms with Gasteiger partial charge in [0, 0.05) is 24.9 Å². The smallest absolute Gasteiger partial charge is 0.252 e. The molecule has 0 aliphatic heterocycles. The van der Waals surface area contributed by atoms with Gasteiger partial charge in [0.15, 0.2) is 0 Å². The largest absolute Gasteiger partial charge is 0.319 e. The van der Waals surface area contributed by atoms with Crippen LogP contribution in [0.2, 0.25) is 0 Å². The number of aromatic nitrogens is 1. The first kappa shape index (κ1) is 8.01. The molecule has 1 rings (SSSR count). The number of hydrogen-bond donors (Lipinski definition) is 0. The van der Waals surface area contributed by atoms with Gasteiger partial charge in [-0.3, -0.25) is 9.59 Å². The first-order chi connectivity index (χ1) is 5.11. The average Bonchev–Trinajstić information content (AvgIpc) is 1.94. The Labute approximate surface area is 68.2 Å². The number of pyridine rings is 1. The number of rotatable bonds is 1. The summed E-state index contributed by atoms with van der Waals surface area (Å²) in [6, 6.07) is 2.70. The van der Waals surface area contributed by atoms with Crippen LogP contribution in [-0.4, -0.2) is 9.81 Å². The number of nitrogens with zero attached hydrogens (tertiary/aromatic N) is 1. The van der Waals surface area contributed by atoms with E-state index in [2.05, 4.69) is 0 Å². The van der Waals surface area contributed by atoms with E-state index in [4.69, 9.17) is 11.6 Å². The van der Waals surface area contributed by atoms with E-state index >= 15 is 0 Å². The summed E-state index contributed by atoms with van der Waals surface area (Å²) in [6.45, 7) is 0. The summed E-state index contributed by atoms with van der Waals surface area (Å²) in [4.78, 5) is 21.4. The van der Waals surface area contributed by atoms with E-state index in [0.29, 0.717) is 0 Å². The van der Waals surface area contributed by atoms with Gasteiger partial charge in [0.2, 0.25) is 0 Å². The normalized spacial score (nSPS) is 9.64. The van der Waals surface area contributed by atoms with Crippen LogP contribution >= 0.6 is 11.6 Å². The van der Waals surface area contributed by atoms with Crippen molar-refractivity contribution in [3.8, 4) is 0 Å². The fourth-order valence-corrected chi connectivity index (χ4v) is 0.788. The average molecular weight is 172 g/mol. The van der Waals surface area contributed by atoms with Gasteiger partial charge in [-0.25, -0.2) is 0 Å². The van der Waals surface area contributed by atoms with Crippen LogP contribution in [0.4, 0.5) is 0 Å². The van der Waals surface area contributed by atoms with E-state index in [-0.39, 0.29) is 11.1 Å². The van der Waals surface area contributed by atoms with Crippen molar-refractivity contribution < 1.29 is 4.79 Å². The van der Waals surface area contributed by atoms with Crippen molar-refractivity contribution >= 4 is 16.8 Å². The van der Waals surface area contributed by atoms with Crippen molar-refractivity contribution in [2.75, 3.05) is 0 Å².